The van der Waals surface area contributed by atoms with Gasteiger partial charge in [0.25, 0.3) is 0 Å². The summed E-state index contributed by atoms with van der Waals surface area (Å²) in [6.45, 7) is 1.98. The first kappa shape index (κ1) is 22.5. The van der Waals surface area contributed by atoms with Gasteiger partial charge in [-0.05, 0) is 42.3 Å². The third-order valence-electron chi connectivity index (χ3n) is 5.57. The molecule has 0 bridgehead atoms. The van der Waals surface area contributed by atoms with Crippen molar-refractivity contribution in [1.29, 1.82) is 5.26 Å². The van der Waals surface area contributed by atoms with Crippen LogP contribution in [0.5, 0.6) is 11.5 Å². The third-order valence-corrected chi connectivity index (χ3v) is 7.74. The summed E-state index contributed by atoms with van der Waals surface area (Å²) in [6, 6.07) is 20.7. The predicted molar refractivity (Wildman–Crippen MR) is 136 cm³/mol. The van der Waals surface area contributed by atoms with E-state index in [0.717, 1.165) is 31.2 Å². The molecule has 0 saturated carbocycles. The molecule has 168 valence electrons. The van der Waals surface area contributed by atoms with Crippen LogP contribution >= 0.6 is 38.9 Å². The van der Waals surface area contributed by atoms with Crippen LogP contribution in [0.1, 0.15) is 32.3 Å². The van der Waals surface area contributed by atoms with E-state index in [1.165, 1.54) is 11.3 Å². The number of nitrogens with zero attached hydrogens (tertiary/aromatic N) is 1. The molecule has 8 heteroatoms. The Labute approximate surface area is 213 Å². The first-order valence-corrected chi connectivity index (χ1v) is 12.2. The number of allylic oxidation sites excluding steroid dienone is 1. The number of nitrogens with two attached hydrogens (primary N) is 1. The van der Waals surface area contributed by atoms with Crippen molar-refractivity contribution in [2.24, 2.45) is 5.73 Å². The molecule has 0 radical (unpaired) electrons. The Balaban J connectivity index is 1.49. The first-order valence-electron chi connectivity index (χ1n) is 10.2. The van der Waals surface area contributed by atoms with Gasteiger partial charge in [0.05, 0.1) is 10.9 Å². The number of thiophene rings is 1. The molecular formula is C26H16BrClN2O3S. The number of ether oxygens (including phenoxy) is 2. The highest BCUT2D eigenvalue weighted by molar-refractivity contribution is 9.10. The Morgan fingerprint density at radius 1 is 1.18 bits per heavy atom. The summed E-state index contributed by atoms with van der Waals surface area (Å²) < 4.78 is 13.2. The van der Waals surface area contributed by atoms with Crippen LogP contribution in [-0.2, 0) is 0 Å². The minimum absolute atomic E-state index is 0.0225. The second-order valence-electron chi connectivity index (χ2n) is 7.81. The van der Waals surface area contributed by atoms with Gasteiger partial charge in [0.15, 0.2) is 0 Å². The summed E-state index contributed by atoms with van der Waals surface area (Å²) in [6.07, 6.45) is 0. The molecule has 5 nitrogen and oxygen atoms in total. The van der Waals surface area contributed by atoms with E-state index in [-0.39, 0.29) is 11.6 Å². The van der Waals surface area contributed by atoms with E-state index in [1.54, 1.807) is 18.2 Å². The number of nitriles is 1. The van der Waals surface area contributed by atoms with Gasteiger partial charge in [0, 0.05) is 26.2 Å². The molecule has 4 aromatic rings. The summed E-state index contributed by atoms with van der Waals surface area (Å²) in [4.78, 5) is 13.3. The van der Waals surface area contributed by atoms with E-state index in [0.29, 0.717) is 21.2 Å². The molecule has 2 N–H and O–H groups in total. The number of benzene rings is 3. The molecule has 1 aromatic heterocycles. The van der Waals surface area contributed by atoms with Gasteiger partial charge < -0.3 is 15.2 Å². The van der Waals surface area contributed by atoms with Crippen molar-refractivity contribution in [2.75, 3.05) is 0 Å². The maximum atomic E-state index is 12.9. The van der Waals surface area contributed by atoms with E-state index in [2.05, 4.69) is 22.0 Å². The molecule has 0 spiro atoms. The van der Waals surface area contributed by atoms with Crippen LogP contribution in [0.25, 0.3) is 10.1 Å². The van der Waals surface area contributed by atoms with Gasteiger partial charge in [-0.3, -0.25) is 0 Å². The quantitative estimate of drug-likeness (QED) is 0.218. The average Bonchev–Trinajstić information content (AvgIpc) is 3.14. The number of carbonyl (C=O) groups is 1. The smallest absolute Gasteiger partial charge is 0.355 e. The van der Waals surface area contributed by atoms with Crippen LogP contribution in [0.15, 0.2) is 76.6 Å². The van der Waals surface area contributed by atoms with Gasteiger partial charge in [0.2, 0.25) is 5.88 Å². The van der Waals surface area contributed by atoms with Gasteiger partial charge >= 0.3 is 5.97 Å². The van der Waals surface area contributed by atoms with Gasteiger partial charge in [0.1, 0.15) is 28.0 Å². The Morgan fingerprint density at radius 3 is 2.68 bits per heavy atom. The standard InChI is InChI=1S/C26H16BrClN2O3S/c1-13-2-8-18-21(10-13)34-24(23(18)28)26(31)32-16-7-9-17-20(11-16)33-25(30)19(12-29)22(17)14-3-5-15(27)6-4-14/h2-11,22H,30H2,1H3. The number of aryl methyl sites for hydroxylation is 1. The molecule has 1 unspecified atom stereocenters. The highest BCUT2D eigenvalue weighted by atomic mass is 79.9. The maximum Gasteiger partial charge on any atom is 0.355 e. The molecule has 0 aliphatic carbocycles. The number of carbonyl (C=O) groups excluding carboxylic acids is 1. The monoisotopic (exact) mass is 550 g/mol. The fourth-order valence-electron chi connectivity index (χ4n) is 3.95. The Kier molecular flexibility index (Phi) is 5.82. The minimum Gasteiger partial charge on any atom is -0.440 e. The van der Waals surface area contributed by atoms with Crippen LogP contribution < -0.4 is 15.2 Å². The van der Waals surface area contributed by atoms with Crippen LogP contribution in [0.4, 0.5) is 0 Å². The molecule has 34 heavy (non-hydrogen) atoms. The fourth-order valence-corrected chi connectivity index (χ4v) is 5.70. The highest BCUT2D eigenvalue weighted by Gasteiger charge is 2.31. The zero-order valence-electron chi connectivity index (χ0n) is 17.8. The molecule has 5 rings (SSSR count). The van der Waals surface area contributed by atoms with E-state index in [4.69, 9.17) is 26.8 Å². The summed E-state index contributed by atoms with van der Waals surface area (Å²) in [5.41, 5.74) is 9.14. The second kappa shape index (κ2) is 8.80. The fraction of sp³-hybridized carbons (Fsp3) is 0.0769. The average molecular weight is 552 g/mol. The molecular weight excluding hydrogens is 536 g/mol. The predicted octanol–water partition coefficient (Wildman–Crippen LogP) is 7.06. The Morgan fingerprint density at radius 2 is 1.94 bits per heavy atom. The van der Waals surface area contributed by atoms with Gasteiger partial charge in [-0.15, -0.1) is 11.3 Å². The van der Waals surface area contributed by atoms with Crippen molar-refractivity contribution in [1.82, 2.24) is 0 Å². The lowest BCUT2D eigenvalue weighted by atomic mass is 9.83. The lowest BCUT2D eigenvalue weighted by molar-refractivity contribution is 0.0740. The lowest BCUT2D eigenvalue weighted by Crippen LogP contribution is -2.21. The van der Waals surface area contributed by atoms with Crippen LogP contribution in [0.3, 0.4) is 0 Å². The normalized spacial score (nSPS) is 14.9. The number of esters is 1. The number of fused-ring (bicyclic) bond motifs is 2. The lowest BCUT2D eigenvalue weighted by Gasteiger charge is -2.26. The number of rotatable bonds is 3. The molecule has 1 aliphatic heterocycles. The van der Waals surface area contributed by atoms with E-state index in [1.807, 2.05) is 49.4 Å². The van der Waals surface area contributed by atoms with Crippen molar-refractivity contribution in [3.63, 3.8) is 0 Å². The molecule has 2 heterocycles. The second-order valence-corrected chi connectivity index (χ2v) is 10.2. The molecule has 1 atom stereocenters. The van der Waals surface area contributed by atoms with Gasteiger partial charge in [-0.1, -0.05) is 57.9 Å². The summed E-state index contributed by atoms with van der Waals surface area (Å²) in [5.74, 6) is -0.213. The van der Waals surface area contributed by atoms with Crippen molar-refractivity contribution in [2.45, 2.75) is 12.8 Å². The summed E-state index contributed by atoms with van der Waals surface area (Å²) in [5, 5.41) is 10.9. The van der Waals surface area contributed by atoms with Crippen molar-refractivity contribution < 1.29 is 14.3 Å². The third kappa shape index (κ3) is 3.94. The topological polar surface area (TPSA) is 85.3 Å². The highest BCUT2D eigenvalue weighted by Crippen LogP contribution is 2.44. The van der Waals surface area contributed by atoms with Crippen molar-refractivity contribution in [3.8, 4) is 17.6 Å². The van der Waals surface area contributed by atoms with Crippen molar-refractivity contribution >= 4 is 54.9 Å². The summed E-state index contributed by atoms with van der Waals surface area (Å²) >= 11 is 11.2. The number of hydrogen-bond donors (Lipinski definition) is 1. The number of hydrogen-bond acceptors (Lipinski definition) is 6. The molecule has 0 saturated heterocycles. The minimum atomic E-state index is -0.551. The van der Waals surface area contributed by atoms with Crippen LogP contribution in [0.2, 0.25) is 5.02 Å². The number of halogens is 2. The summed E-state index contributed by atoms with van der Waals surface area (Å²) in [7, 11) is 0. The molecule has 0 fully saturated rings. The maximum absolute atomic E-state index is 12.9. The molecule has 3 aromatic carbocycles. The van der Waals surface area contributed by atoms with Crippen molar-refractivity contribution in [3.05, 3.63) is 103 Å². The Bertz CT molecular complexity index is 1540. The van der Waals surface area contributed by atoms with Crippen LogP contribution in [-0.4, -0.2) is 5.97 Å². The largest absolute Gasteiger partial charge is 0.440 e. The van der Waals surface area contributed by atoms with E-state index < -0.39 is 11.9 Å². The Hall–Kier alpha value is -3.31. The zero-order chi connectivity index (χ0) is 24.0. The first-order chi connectivity index (χ1) is 16.4. The zero-order valence-corrected chi connectivity index (χ0v) is 20.9. The van der Waals surface area contributed by atoms with E-state index >= 15 is 0 Å². The van der Waals surface area contributed by atoms with E-state index in [9.17, 15) is 10.1 Å². The molecule has 0 amide bonds. The van der Waals surface area contributed by atoms with Gasteiger partial charge in [-0.25, -0.2) is 4.79 Å². The van der Waals surface area contributed by atoms with Crippen LogP contribution in [0, 0.1) is 18.3 Å². The van der Waals surface area contributed by atoms with Gasteiger partial charge in [-0.2, -0.15) is 5.26 Å². The SMILES string of the molecule is Cc1ccc2c(Cl)c(C(=O)Oc3ccc4c(c3)OC(N)=C(C#N)C4c3ccc(Br)cc3)sc2c1. The molecule has 1 aliphatic rings.